The molecule has 9 heteroatoms. The predicted molar refractivity (Wildman–Crippen MR) is 83.6 cm³/mol. The van der Waals surface area contributed by atoms with E-state index in [1.165, 1.54) is 12.1 Å². The van der Waals surface area contributed by atoms with Gasteiger partial charge in [-0.3, -0.25) is 4.79 Å². The lowest BCUT2D eigenvalue weighted by Gasteiger charge is -2.13. The second-order valence-electron chi connectivity index (χ2n) is 6.08. The average Bonchev–Trinajstić information content (AvgIpc) is 2.69. The van der Waals surface area contributed by atoms with E-state index in [0.717, 1.165) is 4.57 Å². The summed E-state index contributed by atoms with van der Waals surface area (Å²) in [5.74, 6) is -0.937. The fourth-order valence-corrected chi connectivity index (χ4v) is 2.67. The number of amides is 1. The van der Waals surface area contributed by atoms with Crippen molar-refractivity contribution >= 4 is 16.9 Å². The molecule has 1 aromatic carbocycles. The molecule has 0 saturated heterocycles. The first-order valence-corrected chi connectivity index (χ1v) is 7.92. The Morgan fingerprint density at radius 3 is 2.52 bits per heavy atom. The van der Waals surface area contributed by atoms with Gasteiger partial charge in [-0.1, -0.05) is 0 Å². The molecular formula is C16H18F3N3O3. The van der Waals surface area contributed by atoms with Gasteiger partial charge in [-0.05, 0) is 13.8 Å². The molecule has 1 N–H and O–H groups in total. The Bertz CT molecular complexity index is 799. The molecule has 0 atom stereocenters. The van der Waals surface area contributed by atoms with Crippen molar-refractivity contribution in [1.29, 1.82) is 0 Å². The van der Waals surface area contributed by atoms with E-state index in [9.17, 15) is 18.0 Å². The van der Waals surface area contributed by atoms with Gasteiger partial charge in [0.05, 0.1) is 24.2 Å². The molecule has 1 amide bonds. The van der Waals surface area contributed by atoms with E-state index in [1.807, 2.05) is 0 Å². The summed E-state index contributed by atoms with van der Waals surface area (Å²) < 4.78 is 52.0. The molecule has 6 nitrogen and oxygen atoms in total. The second kappa shape index (κ2) is 6.45. The standard InChI is InChI=1S/C16H18F3N3O3/c1-9(2)20-14(23)8-22-11-7-13-12(24-4-3-5-25-13)6-10(11)21-15(22)16(17,18)19/h6-7,9H,3-5,8H2,1-2H3,(H,20,23). The molecule has 2 aromatic rings. The number of hydrogen-bond acceptors (Lipinski definition) is 4. The van der Waals surface area contributed by atoms with Crippen molar-refractivity contribution in [3.05, 3.63) is 18.0 Å². The Kier molecular flexibility index (Phi) is 4.49. The van der Waals surface area contributed by atoms with Crippen molar-refractivity contribution in [2.45, 2.75) is 39.0 Å². The average molecular weight is 357 g/mol. The van der Waals surface area contributed by atoms with Gasteiger partial charge in [-0.15, -0.1) is 0 Å². The van der Waals surface area contributed by atoms with Crippen molar-refractivity contribution in [1.82, 2.24) is 14.9 Å². The SMILES string of the molecule is CC(C)NC(=O)Cn1c(C(F)(F)F)nc2cc3c(cc21)OCCCO3. The Hall–Kier alpha value is -2.45. The predicted octanol–water partition coefficient (Wildman–Crippen LogP) is 2.74. The molecule has 0 radical (unpaired) electrons. The Morgan fingerprint density at radius 1 is 1.28 bits per heavy atom. The van der Waals surface area contributed by atoms with Crippen LogP contribution in [0, 0.1) is 0 Å². The fourth-order valence-electron chi connectivity index (χ4n) is 2.67. The van der Waals surface area contributed by atoms with E-state index in [-0.39, 0.29) is 17.1 Å². The monoisotopic (exact) mass is 357 g/mol. The zero-order valence-corrected chi connectivity index (χ0v) is 13.8. The van der Waals surface area contributed by atoms with Crippen molar-refractivity contribution in [2.75, 3.05) is 13.2 Å². The number of nitrogens with one attached hydrogen (secondary N) is 1. The highest BCUT2D eigenvalue weighted by Gasteiger charge is 2.38. The van der Waals surface area contributed by atoms with Crippen LogP contribution in [0.2, 0.25) is 0 Å². The molecule has 1 aliphatic rings. The summed E-state index contributed by atoms with van der Waals surface area (Å²) in [4.78, 5) is 15.7. The Balaban J connectivity index is 2.10. The highest BCUT2D eigenvalue weighted by molar-refractivity contribution is 5.84. The molecule has 0 bridgehead atoms. The van der Waals surface area contributed by atoms with E-state index in [4.69, 9.17) is 9.47 Å². The van der Waals surface area contributed by atoms with Crippen LogP contribution in [0.25, 0.3) is 11.0 Å². The highest BCUT2D eigenvalue weighted by atomic mass is 19.4. The number of benzene rings is 1. The number of alkyl halides is 3. The third-order valence-corrected chi connectivity index (χ3v) is 3.62. The maximum Gasteiger partial charge on any atom is 0.449 e. The van der Waals surface area contributed by atoms with Crippen LogP contribution >= 0.6 is 0 Å². The lowest BCUT2D eigenvalue weighted by Crippen LogP contribution is -2.34. The summed E-state index contributed by atoms with van der Waals surface area (Å²) in [5, 5.41) is 2.59. The third kappa shape index (κ3) is 3.64. The minimum Gasteiger partial charge on any atom is -0.489 e. The van der Waals surface area contributed by atoms with Crippen LogP contribution in [-0.2, 0) is 17.5 Å². The molecule has 0 aliphatic carbocycles. The lowest BCUT2D eigenvalue weighted by molar-refractivity contribution is -0.147. The number of carbonyl (C=O) groups is 1. The van der Waals surface area contributed by atoms with Gasteiger partial charge in [0.15, 0.2) is 11.5 Å². The summed E-state index contributed by atoms with van der Waals surface area (Å²) in [5.41, 5.74) is 0.282. The fraction of sp³-hybridized carbons (Fsp3) is 0.500. The molecule has 0 unspecified atom stereocenters. The Morgan fingerprint density at radius 2 is 1.92 bits per heavy atom. The number of carbonyl (C=O) groups excluding carboxylic acids is 1. The van der Waals surface area contributed by atoms with E-state index in [1.54, 1.807) is 13.8 Å². The zero-order chi connectivity index (χ0) is 18.2. The van der Waals surface area contributed by atoms with Gasteiger partial charge in [-0.25, -0.2) is 4.98 Å². The van der Waals surface area contributed by atoms with Crippen LogP contribution in [0.1, 0.15) is 26.1 Å². The van der Waals surface area contributed by atoms with Gasteiger partial charge >= 0.3 is 6.18 Å². The first-order valence-electron chi connectivity index (χ1n) is 7.92. The van der Waals surface area contributed by atoms with Crippen LogP contribution in [0.15, 0.2) is 12.1 Å². The number of rotatable bonds is 3. The quantitative estimate of drug-likeness (QED) is 0.917. The number of hydrogen-bond donors (Lipinski definition) is 1. The van der Waals surface area contributed by atoms with E-state index < -0.39 is 24.5 Å². The van der Waals surface area contributed by atoms with Crippen LogP contribution in [0.5, 0.6) is 11.5 Å². The summed E-state index contributed by atoms with van der Waals surface area (Å²) in [6, 6.07) is 2.69. The Labute approximate surface area is 141 Å². The van der Waals surface area contributed by atoms with Crippen molar-refractivity contribution in [2.24, 2.45) is 0 Å². The van der Waals surface area contributed by atoms with Crippen LogP contribution in [0.4, 0.5) is 13.2 Å². The van der Waals surface area contributed by atoms with Gasteiger partial charge in [0.25, 0.3) is 0 Å². The first kappa shape index (κ1) is 17.4. The number of nitrogens with zero attached hydrogens (tertiary/aromatic N) is 2. The molecule has 25 heavy (non-hydrogen) atoms. The minimum atomic E-state index is -4.68. The number of ether oxygens (including phenoxy) is 2. The smallest absolute Gasteiger partial charge is 0.449 e. The molecule has 0 saturated carbocycles. The molecule has 1 aliphatic heterocycles. The molecule has 0 fully saturated rings. The topological polar surface area (TPSA) is 65.4 Å². The number of aromatic nitrogens is 2. The third-order valence-electron chi connectivity index (χ3n) is 3.62. The second-order valence-corrected chi connectivity index (χ2v) is 6.08. The highest BCUT2D eigenvalue weighted by Crippen LogP contribution is 2.37. The van der Waals surface area contributed by atoms with Crippen molar-refractivity contribution in [3.8, 4) is 11.5 Å². The summed E-state index contributed by atoms with van der Waals surface area (Å²) >= 11 is 0. The first-order chi connectivity index (χ1) is 11.8. The molecule has 3 rings (SSSR count). The van der Waals surface area contributed by atoms with Crippen molar-refractivity contribution < 1.29 is 27.4 Å². The summed E-state index contributed by atoms with van der Waals surface area (Å²) in [7, 11) is 0. The number of fused-ring (bicyclic) bond motifs is 2. The van der Waals surface area contributed by atoms with Crippen LogP contribution in [-0.4, -0.2) is 34.7 Å². The molecule has 0 spiro atoms. The minimum absolute atomic E-state index is 0.105. The van der Waals surface area contributed by atoms with E-state index >= 15 is 0 Å². The lowest BCUT2D eigenvalue weighted by atomic mass is 10.2. The maximum absolute atomic E-state index is 13.4. The normalized spacial score (nSPS) is 14.6. The molecule has 1 aromatic heterocycles. The van der Waals surface area contributed by atoms with Gasteiger partial charge in [0, 0.05) is 24.6 Å². The molecule has 136 valence electrons. The summed E-state index contributed by atoms with van der Waals surface area (Å²) in [6.45, 7) is 3.82. The van der Waals surface area contributed by atoms with Gasteiger partial charge in [-0.2, -0.15) is 13.2 Å². The van der Waals surface area contributed by atoms with Crippen molar-refractivity contribution in [3.63, 3.8) is 0 Å². The zero-order valence-electron chi connectivity index (χ0n) is 13.8. The van der Waals surface area contributed by atoms with Gasteiger partial charge in [0.2, 0.25) is 11.7 Å². The maximum atomic E-state index is 13.4. The van der Waals surface area contributed by atoms with Crippen LogP contribution < -0.4 is 14.8 Å². The summed E-state index contributed by atoms with van der Waals surface area (Å²) in [6.07, 6.45) is -4.01. The van der Waals surface area contributed by atoms with E-state index in [2.05, 4.69) is 10.3 Å². The van der Waals surface area contributed by atoms with Gasteiger partial charge < -0.3 is 19.4 Å². The largest absolute Gasteiger partial charge is 0.489 e. The van der Waals surface area contributed by atoms with E-state index in [0.29, 0.717) is 31.1 Å². The van der Waals surface area contributed by atoms with Crippen LogP contribution in [0.3, 0.4) is 0 Å². The number of imidazole rings is 1. The number of halogens is 3. The molecular weight excluding hydrogens is 339 g/mol. The molecule has 2 heterocycles. The van der Waals surface area contributed by atoms with Gasteiger partial charge in [0.1, 0.15) is 6.54 Å².